The van der Waals surface area contributed by atoms with Crippen molar-refractivity contribution in [1.82, 2.24) is 0 Å². The van der Waals surface area contributed by atoms with E-state index in [1.165, 1.54) is 12.1 Å². The molecule has 3 aromatic carbocycles. The smallest absolute Gasteiger partial charge is 0.338 e. The molecule has 0 N–H and O–H groups in total. The maximum Gasteiger partial charge on any atom is 0.338 e. The van der Waals surface area contributed by atoms with Gasteiger partial charge in [0.25, 0.3) is 0 Å². The number of carbonyl (C=O) groups is 1. The van der Waals surface area contributed by atoms with Gasteiger partial charge in [0.15, 0.2) is 23.1 Å². The lowest BCUT2D eigenvalue weighted by atomic mass is 9.75. The molecule has 0 saturated heterocycles. The molecule has 0 amide bonds. The summed E-state index contributed by atoms with van der Waals surface area (Å²) in [6.07, 6.45) is 6.46. The molecule has 45 heavy (non-hydrogen) atoms. The fraction of sp³-hybridized carbons (Fsp3) is 0.486. The van der Waals surface area contributed by atoms with Crippen LogP contribution >= 0.6 is 0 Å². The van der Waals surface area contributed by atoms with Crippen LogP contribution in [-0.2, 0) is 4.74 Å². The molecule has 242 valence electrons. The van der Waals surface area contributed by atoms with Crippen LogP contribution in [0, 0.1) is 23.3 Å². The highest BCUT2D eigenvalue weighted by molar-refractivity contribution is 5.91. The monoisotopic (exact) mass is 626 g/mol. The van der Waals surface area contributed by atoms with Gasteiger partial charge in [-0.1, -0.05) is 43.7 Å². The summed E-state index contributed by atoms with van der Waals surface area (Å²) in [5, 5.41) is 0. The molecular weight excluding hydrogens is 584 g/mol. The van der Waals surface area contributed by atoms with Gasteiger partial charge in [0.2, 0.25) is 11.6 Å². The van der Waals surface area contributed by atoms with E-state index >= 15 is 0 Å². The molecule has 0 heterocycles. The molecule has 0 spiro atoms. The number of esters is 1. The van der Waals surface area contributed by atoms with Crippen LogP contribution in [0.5, 0.6) is 11.5 Å². The average Bonchev–Trinajstić information content (AvgIpc) is 3.06. The fourth-order valence-electron chi connectivity index (χ4n) is 6.89. The minimum atomic E-state index is -0.945. The molecule has 3 aromatic rings. The maximum absolute atomic E-state index is 14.9. The second kappa shape index (κ2) is 15.2. The van der Waals surface area contributed by atoms with Crippen LogP contribution < -0.4 is 9.47 Å². The summed E-state index contributed by atoms with van der Waals surface area (Å²) in [6, 6.07) is 13.7. The molecular formula is C37H42F4O4. The van der Waals surface area contributed by atoms with Gasteiger partial charge in [-0.15, -0.1) is 0 Å². The van der Waals surface area contributed by atoms with Crippen LogP contribution in [0.2, 0.25) is 0 Å². The minimum absolute atomic E-state index is 0.0586. The Morgan fingerprint density at radius 1 is 0.644 bits per heavy atom. The Morgan fingerprint density at radius 2 is 1.16 bits per heavy atom. The highest BCUT2D eigenvalue weighted by atomic mass is 19.2. The van der Waals surface area contributed by atoms with Gasteiger partial charge in [0, 0.05) is 0 Å². The van der Waals surface area contributed by atoms with Crippen LogP contribution in [-0.4, -0.2) is 25.3 Å². The van der Waals surface area contributed by atoms with Crippen molar-refractivity contribution in [2.75, 3.05) is 13.2 Å². The quantitative estimate of drug-likeness (QED) is 0.121. The fourth-order valence-corrected chi connectivity index (χ4v) is 6.89. The molecule has 4 nitrogen and oxygen atoms in total. The van der Waals surface area contributed by atoms with E-state index in [0.29, 0.717) is 61.8 Å². The third-order valence-electron chi connectivity index (χ3n) is 9.38. The summed E-state index contributed by atoms with van der Waals surface area (Å²) >= 11 is 0. The number of benzene rings is 3. The zero-order chi connectivity index (χ0) is 31.9. The molecule has 8 heteroatoms. The number of ether oxygens (including phenoxy) is 3. The first-order valence-corrected chi connectivity index (χ1v) is 16.3. The van der Waals surface area contributed by atoms with E-state index in [2.05, 4.69) is 0 Å². The first-order chi connectivity index (χ1) is 21.8. The van der Waals surface area contributed by atoms with Crippen molar-refractivity contribution in [2.24, 2.45) is 0 Å². The summed E-state index contributed by atoms with van der Waals surface area (Å²) in [4.78, 5) is 13.4. The maximum atomic E-state index is 14.9. The largest absolute Gasteiger partial charge is 0.491 e. The van der Waals surface area contributed by atoms with Gasteiger partial charge in [0.1, 0.15) is 6.10 Å². The Balaban J connectivity index is 1.17. The van der Waals surface area contributed by atoms with Gasteiger partial charge >= 0.3 is 5.97 Å². The molecule has 0 atom stereocenters. The van der Waals surface area contributed by atoms with E-state index in [0.717, 1.165) is 31.2 Å². The standard InChI is InChI=1S/C37H42F4O4/c1-3-5-22-44-32-21-19-29(34(39)36(32)41)25-14-16-26(17-15-25)45-37(42)30-9-7-6-8-27(30)23-10-12-24(13-11-23)28-18-20-31(43-4-2)35(40)33(28)38/h6-9,18-21,23-26H,3-5,10-17,22H2,1-2H3/t23-,24-,25-,26-. The third-order valence-corrected chi connectivity index (χ3v) is 9.38. The summed E-state index contributed by atoms with van der Waals surface area (Å²) in [6.45, 7) is 4.33. The van der Waals surface area contributed by atoms with Crippen molar-refractivity contribution in [3.8, 4) is 11.5 Å². The molecule has 0 aromatic heterocycles. The number of rotatable bonds is 11. The van der Waals surface area contributed by atoms with E-state index in [9.17, 15) is 22.4 Å². The molecule has 2 fully saturated rings. The zero-order valence-corrected chi connectivity index (χ0v) is 26.1. The zero-order valence-electron chi connectivity index (χ0n) is 26.1. The molecule has 2 saturated carbocycles. The predicted molar refractivity (Wildman–Crippen MR) is 165 cm³/mol. The van der Waals surface area contributed by atoms with Crippen molar-refractivity contribution < 1.29 is 36.6 Å². The van der Waals surface area contributed by atoms with Crippen LogP contribution in [0.1, 0.15) is 123 Å². The van der Waals surface area contributed by atoms with Gasteiger partial charge in [0.05, 0.1) is 18.8 Å². The summed E-state index contributed by atoms with van der Waals surface area (Å²) in [5.41, 5.74) is 2.14. The molecule has 0 radical (unpaired) electrons. The minimum Gasteiger partial charge on any atom is -0.491 e. The van der Waals surface area contributed by atoms with E-state index in [4.69, 9.17) is 14.2 Å². The van der Waals surface area contributed by atoms with E-state index < -0.39 is 23.3 Å². The normalized spacial score (nSPS) is 21.7. The number of carbonyl (C=O) groups excluding carboxylic acids is 1. The van der Waals surface area contributed by atoms with Gasteiger partial charge in [-0.2, -0.15) is 8.78 Å². The average molecular weight is 627 g/mol. The second-order valence-electron chi connectivity index (χ2n) is 12.2. The Hall–Kier alpha value is -3.55. The van der Waals surface area contributed by atoms with Crippen LogP contribution in [0.3, 0.4) is 0 Å². The molecule has 2 aliphatic rings. The lowest BCUT2D eigenvalue weighted by Crippen LogP contribution is -2.25. The van der Waals surface area contributed by atoms with E-state index in [1.54, 1.807) is 25.1 Å². The second-order valence-corrected chi connectivity index (χ2v) is 12.2. The van der Waals surface area contributed by atoms with Crippen LogP contribution in [0.4, 0.5) is 17.6 Å². The molecule has 0 unspecified atom stereocenters. The summed E-state index contributed by atoms with van der Waals surface area (Å²) < 4.78 is 75.4. The Labute approximate surface area is 263 Å². The molecule has 2 aliphatic carbocycles. The number of hydrogen-bond donors (Lipinski definition) is 0. The van der Waals surface area contributed by atoms with E-state index in [-0.39, 0.29) is 47.9 Å². The molecule has 5 rings (SSSR count). The van der Waals surface area contributed by atoms with Crippen molar-refractivity contribution in [2.45, 2.75) is 102 Å². The highest BCUT2D eigenvalue weighted by Gasteiger charge is 2.32. The molecule has 0 aliphatic heterocycles. The van der Waals surface area contributed by atoms with Gasteiger partial charge in [-0.3, -0.25) is 0 Å². The van der Waals surface area contributed by atoms with Gasteiger partial charge in [-0.25, -0.2) is 13.6 Å². The van der Waals surface area contributed by atoms with Crippen LogP contribution in [0.15, 0.2) is 48.5 Å². The molecule has 0 bridgehead atoms. The first kappa shape index (κ1) is 32.8. The van der Waals surface area contributed by atoms with Crippen molar-refractivity contribution in [3.63, 3.8) is 0 Å². The number of unbranched alkanes of at least 4 members (excludes halogenated alkanes) is 1. The van der Waals surface area contributed by atoms with Crippen molar-refractivity contribution in [3.05, 3.63) is 94.1 Å². The van der Waals surface area contributed by atoms with Gasteiger partial charge < -0.3 is 14.2 Å². The van der Waals surface area contributed by atoms with E-state index in [1.807, 2.05) is 25.1 Å². The SMILES string of the molecule is CCCCOc1ccc([C@H]2CC[C@H](OC(=O)c3ccccc3[C@H]3CC[C@H](c4ccc(OCC)c(F)c4F)CC3)CC2)c(F)c1F. The lowest BCUT2D eigenvalue weighted by Gasteiger charge is -2.31. The topological polar surface area (TPSA) is 44.8 Å². The third kappa shape index (κ3) is 7.47. The predicted octanol–water partition coefficient (Wildman–Crippen LogP) is 10.1. The van der Waals surface area contributed by atoms with Crippen molar-refractivity contribution in [1.29, 1.82) is 0 Å². The Bertz CT molecular complexity index is 1460. The number of halogens is 4. The lowest BCUT2D eigenvalue weighted by molar-refractivity contribution is 0.0192. The first-order valence-electron chi connectivity index (χ1n) is 16.3. The Kier molecular flexibility index (Phi) is 11.1. The van der Waals surface area contributed by atoms with Gasteiger partial charge in [-0.05, 0) is 117 Å². The van der Waals surface area contributed by atoms with Crippen LogP contribution in [0.25, 0.3) is 0 Å². The number of hydrogen-bond acceptors (Lipinski definition) is 4. The highest BCUT2D eigenvalue weighted by Crippen LogP contribution is 2.43. The van der Waals surface area contributed by atoms with Crippen molar-refractivity contribution >= 4 is 5.97 Å². The summed E-state index contributed by atoms with van der Waals surface area (Å²) in [5.74, 6) is -4.27. The summed E-state index contributed by atoms with van der Waals surface area (Å²) in [7, 11) is 0. The Morgan fingerprint density at radius 3 is 1.71 bits per heavy atom.